The van der Waals surface area contributed by atoms with Gasteiger partial charge in [-0.15, -0.1) is 11.3 Å². The minimum absolute atomic E-state index is 0.172. The number of hydrogen-bond acceptors (Lipinski definition) is 3. The molecule has 2 nitrogen and oxygen atoms in total. The molecule has 0 saturated carbocycles. The van der Waals surface area contributed by atoms with Gasteiger partial charge in [-0.2, -0.15) is 0 Å². The third kappa shape index (κ3) is 3.68. The van der Waals surface area contributed by atoms with E-state index < -0.39 is 0 Å². The molecule has 1 aromatic heterocycles. The molecule has 108 valence electrons. The number of aliphatic hydroxyl groups is 1. The molecule has 2 aromatic rings. The summed E-state index contributed by atoms with van der Waals surface area (Å²) in [6.45, 7) is 6.39. The van der Waals surface area contributed by atoms with E-state index in [1.54, 1.807) is 11.3 Å². The van der Waals surface area contributed by atoms with Gasteiger partial charge in [0.15, 0.2) is 0 Å². The lowest BCUT2D eigenvalue weighted by Gasteiger charge is -2.28. The fourth-order valence-electron chi connectivity index (χ4n) is 2.66. The maximum absolute atomic E-state index is 10.7. The van der Waals surface area contributed by atoms with Gasteiger partial charge in [0.05, 0.1) is 11.1 Å². The fourth-order valence-corrected chi connectivity index (χ4v) is 3.48. The van der Waals surface area contributed by atoms with E-state index in [2.05, 4.69) is 31.0 Å². The van der Waals surface area contributed by atoms with Gasteiger partial charge in [0.1, 0.15) is 0 Å². The number of aromatic nitrogens is 1. The van der Waals surface area contributed by atoms with Crippen LogP contribution in [0.2, 0.25) is 0 Å². The van der Waals surface area contributed by atoms with Gasteiger partial charge in [-0.25, -0.2) is 4.98 Å². The Hall–Kier alpha value is -1.19. The van der Waals surface area contributed by atoms with Crippen molar-refractivity contribution in [2.75, 3.05) is 0 Å². The maximum atomic E-state index is 10.7. The first-order valence-electron chi connectivity index (χ1n) is 7.25. The summed E-state index contributed by atoms with van der Waals surface area (Å²) in [6.07, 6.45) is 1.33. The van der Waals surface area contributed by atoms with Gasteiger partial charge >= 0.3 is 0 Å². The van der Waals surface area contributed by atoms with Crippen molar-refractivity contribution in [1.82, 2.24) is 4.98 Å². The van der Waals surface area contributed by atoms with Crippen LogP contribution in [-0.2, 0) is 6.42 Å². The molecule has 0 aliphatic heterocycles. The molecule has 2 rings (SSSR count). The lowest BCUT2D eigenvalue weighted by atomic mass is 9.80. The summed E-state index contributed by atoms with van der Waals surface area (Å²) in [5.74, 6) is 0.624. The Kier molecular flexibility index (Phi) is 5.32. The molecule has 0 bridgehead atoms. The number of benzene rings is 1. The Balaban J connectivity index is 2.18. The zero-order valence-corrected chi connectivity index (χ0v) is 13.2. The van der Waals surface area contributed by atoms with Crippen molar-refractivity contribution in [1.29, 1.82) is 0 Å². The largest absolute Gasteiger partial charge is 0.392 e. The van der Waals surface area contributed by atoms with E-state index in [1.807, 2.05) is 30.5 Å². The van der Waals surface area contributed by atoms with Gasteiger partial charge in [-0.05, 0) is 18.4 Å². The standard InChI is InChI=1S/C17H23NOS/c1-4-12(2)17(14-8-6-5-7-9-14)15(19)10-16-18-13(3)11-20-16/h5-9,11-12,15,17,19H,4,10H2,1-3H3. The molecule has 0 radical (unpaired) electrons. The Morgan fingerprint density at radius 3 is 2.50 bits per heavy atom. The highest BCUT2D eigenvalue weighted by Crippen LogP contribution is 2.32. The van der Waals surface area contributed by atoms with Crippen LogP contribution >= 0.6 is 11.3 Å². The first-order valence-corrected chi connectivity index (χ1v) is 8.13. The van der Waals surface area contributed by atoms with Crippen molar-refractivity contribution in [3.8, 4) is 0 Å². The number of aliphatic hydroxyl groups excluding tert-OH is 1. The van der Waals surface area contributed by atoms with Crippen LogP contribution in [0.5, 0.6) is 0 Å². The second-order valence-electron chi connectivity index (χ2n) is 5.48. The van der Waals surface area contributed by atoms with Gasteiger partial charge < -0.3 is 5.11 Å². The van der Waals surface area contributed by atoms with Crippen LogP contribution < -0.4 is 0 Å². The molecule has 0 spiro atoms. The lowest BCUT2D eigenvalue weighted by Crippen LogP contribution is -2.26. The Morgan fingerprint density at radius 2 is 1.95 bits per heavy atom. The summed E-state index contributed by atoms with van der Waals surface area (Å²) in [7, 11) is 0. The van der Waals surface area contributed by atoms with Crippen LogP contribution in [0.3, 0.4) is 0 Å². The van der Waals surface area contributed by atoms with Crippen molar-refractivity contribution in [2.24, 2.45) is 5.92 Å². The minimum atomic E-state index is -0.377. The van der Waals surface area contributed by atoms with E-state index >= 15 is 0 Å². The summed E-state index contributed by atoms with van der Waals surface area (Å²) >= 11 is 1.64. The minimum Gasteiger partial charge on any atom is -0.392 e. The number of thiazole rings is 1. The smallest absolute Gasteiger partial charge is 0.0954 e. The van der Waals surface area contributed by atoms with Gasteiger partial charge in [-0.3, -0.25) is 0 Å². The SMILES string of the molecule is CCC(C)C(c1ccccc1)C(O)Cc1nc(C)cs1. The van der Waals surface area contributed by atoms with Crippen molar-refractivity contribution >= 4 is 11.3 Å². The highest BCUT2D eigenvalue weighted by Gasteiger charge is 2.26. The molecule has 0 aliphatic rings. The molecular formula is C17H23NOS. The summed E-state index contributed by atoms with van der Waals surface area (Å²) in [5, 5.41) is 13.8. The van der Waals surface area contributed by atoms with Crippen LogP contribution in [0.1, 0.15) is 42.5 Å². The molecule has 20 heavy (non-hydrogen) atoms. The first-order chi connectivity index (χ1) is 9.61. The zero-order chi connectivity index (χ0) is 14.5. The number of nitrogens with zero attached hydrogens (tertiary/aromatic N) is 1. The fraction of sp³-hybridized carbons (Fsp3) is 0.471. The Bertz CT molecular complexity index is 523. The normalized spacial score (nSPS) is 15.8. The van der Waals surface area contributed by atoms with Gasteiger partial charge in [0, 0.05) is 23.4 Å². The molecule has 3 unspecified atom stereocenters. The first kappa shape index (κ1) is 15.2. The second kappa shape index (κ2) is 7.00. The van der Waals surface area contributed by atoms with Crippen molar-refractivity contribution in [3.05, 3.63) is 52.0 Å². The van der Waals surface area contributed by atoms with Crippen LogP contribution in [0.15, 0.2) is 35.7 Å². The predicted molar refractivity (Wildman–Crippen MR) is 85.2 cm³/mol. The molecule has 1 heterocycles. The third-order valence-corrected chi connectivity index (χ3v) is 4.90. The maximum Gasteiger partial charge on any atom is 0.0954 e. The van der Waals surface area contributed by atoms with Gasteiger partial charge in [0.2, 0.25) is 0 Å². The van der Waals surface area contributed by atoms with Gasteiger partial charge in [0.25, 0.3) is 0 Å². The number of rotatable bonds is 6. The quantitative estimate of drug-likeness (QED) is 0.865. The van der Waals surface area contributed by atoms with E-state index in [0.717, 1.165) is 17.1 Å². The van der Waals surface area contributed by atoms with Crippen LogP contribution in [0.4, 0.5) is 0 Å². The van der Waals surface area contributed by atoms with E-state index in [9.17, 15) is 5.11 Å². The third-order valence-electron chi connectivity index (χ3n) is 3.91. The number of hydrogen-bond donors (Lipinski definition) is 1. The molecule has 0 fully saturated rings. The summed E-state index contributed by atoms with van der Waals surface area (Å²) in [4.78, 5) is 4.47. The van der Waals surface area contributed by atoms with E-state index in [1.165, 1.54) is 5.56 Å². The molecule has 0 aliphatic carbocycles. The predicted octanol–water partition coefficient (Wildman–Crippen LogP) is 4.18. The monoisotopic (exact) mass is 289 g/mol. The van der Waals surface area contributed by atoms with Crippen molar-refractivity contribution in [2.45, 2.75) is 45.6 Å². The second-order valence-corrected chi connectivity index (χ2v) is 6.42. The summed E-state index contributed by atoms with van der Waals surface area (Å²) < 4.78 is 0. The van der Waals surface area contributed by atoms with Crippen molar-refractivity contribution < 1.29 is 5.11 Å². The highest BCUT2D eigenvalue weighted by molar-refractivity contribution is 7.09. The molecule has 3 atom stereocenters. The Morgan fingerprint density at radius 1 is 1.25 bits per heavy atom. The molecule has 1 aromatic carbocycles. The van der Waals surface area contributed by atoms with Crippen molar-refractivity contribution in [3.63, 3.8) is 0 Å². The van der Waals surface area contributed by atoms with Gasteiger partial charge in [-0.1, -0.05) is 50.6 Å². The van der Waals surface area contributed by atoms with E-state index in [-0.39, 0.29) is 12.0 Å². The number of aryl methyl sites for hydroxylation is 1. The summed E-state index contributed by atoms with van der Waals surface area (Å²) in [5.41, 5.74) is 2.26. The molecule has 0 amide bonds. The molecule has 1 N–H and O–H groups in total. The highest BCUT2D eigenvalue weighted by atomic mass is 32.1. The van der Waals surface area contributed by atoms with Crippen LogP contribution in [0.25, 0.3) is 0 Å². The van der Waals surface area contributed by atoms with Crippen LogP contribution in [-0.4, -0.2) is 16.2 Å². The zero-order valence-electron chi connectivity index (χ0n) is 12.4. The van der Waals surface area contributed by atoms with E-state index in [0.29, 0.717) is 12.3 Å². The Labute approximate surface area is 125 Å². The molecule has 3 heteroatoms. The molecular weight excluding hydrogens is 266 g/mol. The summed E-state index contributed by atoms with van der Waals surface area (Å²) in [6, 6.07) is 10.4. The van der Waals surface area contributed by atoms with E-state index in [4.69, 9.17) is 0 Å². The average Bonchev–Trinajstić information content (AvgIpc) is 2.85. The topological polar surface area (TPSA) is 33.1 Å². The lowest BCUT2D eigenvalue weighted by molar-refractivity contribution is 0.117. The average molecular weight is 289 g/mol. The van der Waals surface area contributed by atoms with Crippen LogP contribution in [0, 0.1) is 12.8 Å². The molecule has 0 saturated heterocycles.